The predicted molar refractivity (Wildman–Crippen MR) is 183 cm³/mol. The number of ether oxygens (including phenoxy) is 2. The van der Waals surface area contributed by atoms with Gasteiger partial charge in [-0.15, -0.1) is 10.2 Å². The summed E-state index contributed by atoms with van der Waals surface area (Å²) < 4.78 is 19.8. The Hall–Kier alpha value is -6.25. The highest BCUT2D eigenvalue weighted by molar-refractivity contribution is 6.52. The van der Waals surface area contributed by atoms with Crippen LogP contribution in [-0.2, 0) is 13.1 Å². The maximum Gasteiger partial charge on any atom is 0.260 e. The summed E-state index contributed by atoms with van der Waals surface area (Å²) >= 11 is 0. The molecular weight excluding hydrogens is 610 g/mol. The number of dihydropyridines is 1. The molecule has 0 amide bonds. The fourth-order valence-electron chi connectivity index (χ4n) is 5.29. The molecule has 0 aliphatic carbocycles. The van der Waals surface area contributed by atoms with Crippen LogP contribution in [0.15, 0.2) is 83.5 Å². The van der Waals surface area contributed by atoms with Gasteiger partial charge < -0.3 is 29.7 Å². The van der Waals surface area contributed by atoms with Gasteiger partial charge in [0.25, 0.3) is 11.8 Å². The molecular formula is C33H35N13O2. The van der Waals surface area contributed by atoms with Crippen molar-refractivity contribution >= 4 is 39.8 Å². The lowest BCUT2D eigenvalue weighted by Crippen LogP contribution is -2.29. The number of nitrogens with two attached hydrogens (primary N) is 1. The van der Waals surface area contributed by atoms with E-state index in [1.54, 1.807) is 25.0 Å². The third-order valence-corrected chi connectivity index (χ3v) is 8.30. The number of amidine groups is 2. The Balaban J connectivity index is 1.25. The Morgan fingerprint density at radius 3 is 2.02 bits per heavy atom. The van der Waals surface area contributed by atoms with Crippen molar-refractivity contribution in [1.29, 1.82) is 5.41 Å². The van der Waals surface area contributed by atoms with E-state index in [1.807, 2.05) is 82.5 Å². The van der Waals surface area contributed by atoms with E-state index in [0.29, 0.717) is 49.4 Å². The van der Waals surface area contributed by atoms with Gasteiger partial charge in [-0.25, -0.2) is 29.0 Å². The summed E-state index contributed by atoms with van der Waals surface area (Å²) in [5.74, 6) is 1.17. The second-order valence-electron chi connectivity index (χ2n) is 11.5. The molecule has 0 unspecified atom stereocenters. The third kappa shape index (κ3) is 5.77. The summed E-state index contributed by atoms with van der Waals surface area (Å²) in [7, 11) is 0. The number of pyridine rings is 2. The molecule has 6 aromatic heterocycles. The Morgan fingerprint density at radius 1 is 0.812 bits per heavy atom. The molecule has 0 saturated heterocycles. The summed E-state index contributed by atoms with van der Waals surface area (Å²) in [4.78, 5) is 17.8. The molecule has 0 bridgehead atoms. The van der Waals surface area contributed by atoms with Gasteiger partial charge in [0.15, 0.2) is 17.4 Å². The summed E-state index contributed by atoms with van der Waals surface area (Å²) in [6, 6.07) is 7.94. The minimum absolute atomic E-state index is 0.0853. The topological polar surface area (TPSA) is 175 Å². The van der Waals surface area contributed by atoms with Crippen molar-refractivity contribution in [3.05, 3.63) is 96.0 Å². The van der Waals surface area contributed by atoms with E-state index < -0.39 is 0 Å². The summed E-state index contributed by atoms with van der Waals surface area (Å²) in [6.45, 7) is 9.91. The van der Waals surface area contributed by atoms with Crippen molar-refractivity contribution in [3.8, 4) is 11.8 Å². The van der Waals surface area contributed by atoms with Gasteiger partial charge in [-0.2, -0.15) is 0 Å². The fourth-order valence-corrected chi connectivity index (χ4v) is 5.29. The third-order valence-electron chi connectivity index (χ3n) is 8.30. The summed E-state index contributed by atoms with van der Waals surface area (Å²) in [6.07, 6.45) is 12.2. The first-order valence-corrected chi connectivity index (χ1v) is 15.4. The second-order valence-corrected chi connectivity index (χ2v) is 11.5. The minimum atomic E-state index is 0.0853. The van der Waals surface area contributed by atoms with E-state index >= 15 is 0 Å². The molecule has 0 spiro atoms. The molecule has 1 aliphatic rings. The van der Waals surface area contributed by atoms with Gasteiger partial charge in [0.1, 0.15) is 18.9 Å². The SMILES string of the molecule is Cc1ccc2c(N=C3N=C(Nc4c(OCCn5ccnc5)nn5c(C)c(C)ccc45)C(=N)C=C3N)c(OCCn3ccnc3)nn2c1C. The molecule has 0 saturated carbocycles. The number of nitrogens with zero attached hydrogens (tertiary/aromatic N) is 10. The minimum Gasteiger partial charge on any atom is -0.473 e. The zero-order valence-electron chi connectivity index (χ0n) is 27.0. The first-order valence-electron chi connectivity index (χ1n) is 15.4. The van der Waals surface area contributed by atoms with Gasteiger partial charge in [-0.3, -0.25) is 5.41 Å². The van der Waals surface area contributed by atoms with Gasteiger partial charge in [0, 0.05) is 36.2 Å². The summed E-state index contributed by atoms with van der Waals surface area (Å²) in [5.41, 5.74) is 13.4. The molecule has 4 N–H and O–H groups in total. The van der Waals surface area contributed by atoms with E-state index in [9.17, 15) is 0 Å². The molecule has 0 aromatic carbocycles. The monoisotopic (exact) mass is 645 g/mol. The number of aromatic nitrogens is 8. The van der Waals surface area contributed by atoms with Gasteiger partial charge >= 0.3 is 0 Å². The Bertz CT molecular complexity index is 2240. The van der Waals surface area contributed by atoms with E-state index in [0.717, 1.165) is 33.5 Å². The largest absolute Gasteiger partial charge is 0.473 e. The van der Waals surface area contributed by atoms with Crippen LogP contribution in [0.3, 0.4) is 0 Å². The number of rotatable bonds is 10. The Labute approximate surface area is 275 Å². The Kier molecular flexibility index (Phi) is 7.92. The van der Waals surface area contributed by atoms with Crippen LogP contribution in [0.2, 0.25) is 0 Å². The number of hydrogen-bond donors (Lipinski definition) is 3. The van der Waals surface area contributed by atoms with Crippen molar-refractivity contribution in [3.63, 3.8) is 0 Å². The highest BCUT2D eigenvalue weighted by atomic mass is 16.5. The molecule has 15 nitrogen and oxygen atoms in total. The quantitative estimate of drug-likeness (QED) is 0.199. The molecule has 244 valence electrons. The van der Waals surface area contributed by atoms with E-state index in [1.165, 1.54) is 6.08 Å². The lowest BCUT2D eigenvalue weighted by Gasteiger charge is -2.15. The fraction of sp³-hybridized carbons (Fsp3) is 0.242. The number of imidazole rings is 2. The van der Waals surface area contributed by atoms with E-state index in [2.05, 4.69) is 15.3 Å². The van der Waals surface area contributed by atoms with Gasteiger partial charge in [-0.1, -0.05) is 12.1 Å². The molecule has 0 radical (unpaired) electrons. The number of anilines is 1. The zero-order valence-corrected chi connectivity index (χ0v) is 27.0. The Morgan fingerprint density at radius 2 is 1.40 bits per heavy atom. The van der Waals surface area contributed by atoms with Crippen LogP contribution < -0.4 is 20.5 Å². The lowest BCUT2D eigenvalue weighted by molar-refractivity contribution is 0.287. The number of aliphatic imine (C=N–C) groups is 2. The molecule has 6 aromatic rings. The van der Waals surface area contributed by atoms with Crippen LogP contribution in [0.25, 0.3) is 11.0 Å². The average molecular weight is 646 g/mol. The van der Waals surface area contributed by atoms with Crippen LogP contribution in [0.1, 0.15) is 22.5 Å². The highest BCUT2D eigenvalue weighted by Gasteiger charge is 2.24. The number of hydrogen-bond acceptors (Lipinski definition) is 10. The van der Waals surface area contributed by atoms with Crippen molar-refractivity contribution in [2.24, 2.45) is 15.7 Å². The first-order chi connectivity index (χ1) is 23.3. The smallest absolute Gasteiger partial charge is 0.260 e. The van der Waals surface area contributed by atoms with Crippen LogP contribution in [0.4, 0.5) is 11.4 Å². The zero-order chi connectivity index (χ0) is 33.4. The van der Waals surface area contributed by atoms with Gasteiger partial charge in [0.05, 0.1) is 48.2 Å². The molecule has 7 rings (SSSR count). The predicted octanol–water partition coefficient (Wildman–Crippen LogP) is 4.18. The lowest BCUT2D eigenvalue weighted by atomic mass is 10.2. The molecule has 0 atom stereocenters. The highest BCUT2D eigenvalue weighted by Crippen LogP contribution is 2.35. The number of nitrogens with one attached hydrogen (secondary N) is 2. The van der Waals surface area contributed by atoms with Crippen LogP contribution in [0.5, 0.6) is 11.8 Å². The standard InChI is InChI=1S/C33H35N13O2/c1-20-5-7-26-28(32(41-45(26)22(20)3)47-15-13-43-11-9-36-18-43)38-30-24(34)17-25(35)31(40-30)39-29-27-8-6-21(2)23(4)46(27)42-33(29)48-16-14-44-12-10-37-19-44/h5-12,17-19,34H,13-16,35H2,1-4H3,(H,38,39,40). The number of fused-ring (bicyclic) bond motifs is 2. The maximum absolute atomic E-state index is 8.76. The van der Waals surface area contributed by atoms with Crippen LogP contribution in [-0.4, -0.2) is 68.9 Å². The van der Waals surface area contributed by atoms with Crippen molar-refractivity contribution in [2.45, 2.75) is 40.8 Å². The molecule has 15 heteroatoms. The summed E-state index contributed by atoms with van der Waals surface area (Å²) in [5, 5.41) is 21.6. The van der Waals surface area contributed by atoms with Crippen LogP contribution >= 0.6 is 0 Å². The van der Waals surface area contributed by atoms with Crippen molar-refractivity contribution in [1.82, 2.24) is 38.3 Å². The molecule has 1 aliphatic heterocycles. The second kappa shape index (κ2) is 12.5. The number of aryl methyl sites for hydroxylation is 4. The van der Waals surface area contributed by atoms with Gasteiger partial charge in [-0.05, 0) is 57.0 Å². The van der Waals surface area contributed by atoms with Crippen molar-refractivity contribution in [2.75, 3.05) is 18.5 Å². The average Bonchev–Trinajstić information content (AvgIpc) is 3.89. The van der Waals surface area contributed by atoms with Crippen molar-refractivity contribution < 1.29 is 9.47 Å². The van der Waals surface area contributed by atoms with E-state index in [-0.39, 0.29) is 23.1 Å². The molecule has 7 heterocycles. The van der Waals surface area contributed by atoms with E-state index in [4.69, 9.17) is 40.8 Å². The molecule has 0 fully saturated rings. The van der Waals surface area contributed by atoms with Gasteiger partial charge in [0.2, 0.25) is 0 Å². The first kappa shape index (κ1) is 30.4. The molecule has 48 heavy (non-hydrogen) atoms. The maximum atomic E-state index is 8.76. The van der Waals surface area contributed by atoms with Crippen LogP contribution in [0, 0.1) is 33.1 Å². The normalized spacial score (nSPS) is 14.2.